The van der Waals surface area contributed by atoms with Crippen LogP contribution in [0.25, 0.3) is 0 Å². The van der Waals surface area contributed by atoms with Crippen molar-refractivity contribution in [3.05, 3.63) is 17.0 Å². The molecule has 19 heavy (non-hydrogen) atoms. The summed E-state index contributed by atoms with van der Waals surface area (Å²) in [4.78, 5) is 1.02. The average molecular weight is 302 g/mol. The van der Waals surface area contributed by atoms with Gasteiger partial charge < -0.3 is 5.73 Å². The van der Waals surface area contributed by atoms with Crippen molar-refractivity contribution in [2.24, 2.45) is 11.7 Å². The largest absolute Gasteiger partial charge is 0.330 e. The summed E-state index contributed by atoms with van der Waals surface area (Å²) in [7, 11) is -3.37. The molecule has 1 aromatic heterocycles. The van der Waals surface area contributed by atoms with Crippen molar-refractivity contribution in [1.82, 2.24) is 4.72 Å². The summed E-state index contributed by atoms with van der Waals surface area (Å²) < 4.78 is 27.8. The van der Waals surface area contributed by atoms with Crippen LogP contribution in [0, 0.1) is 5.92 Å². The topological polar surface area (TPSA) is 72.2 Å². The summed E-state index contributed by atoms with van der Waals surface area (Å²) in [6.07, 6.45) is 5.43. The first-order valence-corrected chi connectivity index (χ1v) is 9.14. The first kappa shape index (κ1) is 15.0. The minimum absolute atomic E-state index is 0.0209. The van der Waals surface area contributed by atoms with Crippen molar-refractivity contribution < 1.29 is 8.42 Å². The van der Waals surface area contributed by atoms with E-state index in [1.807, 2.05) is 13.0 Å². The molecule has 0 radical (unpaired) electrons. The molecule has 1 aliphatic carbocycles. The smallest absolute Gasteiger partial charge is 0.250 e. The molecule has 108 valence electrons. The zero-order valence-corrected chi connectivity index (χ0v) is 12.9. The van der Waals surface area contributed by atoms with E-state index in [9.17, 15) is 8.42 Å². The maximum Gasteiger partial charge on any atom is 0.250 e. The van der Waals surface area contributed by atoms with E-state index in [1.54, 1.807) is 6.07 Å². The van der Waals surface area contributed by atoms with Crippen molar-refractivity contribution in [3.8, 4) is 0 Å². The second-order valence-electron chi connectivity index (χ2n) is 5.21. The molecule has 6 heteroatoms. The van der Waals surface area contributed by atoms with Crippen LogP contribution in [0.15, 0.2) is 16.3 Å². The van der Waals surface area contributed by atoms with Crippen molar-refractivity contribution in [2.75, 3.05) is 6.54 Å². The van der Waals surface area contributed by atoms with Crippen LogP contribution in [0.5, 0.6) is 0 Å². The summed E-state index contributed by atoms with van der Waals surface area (Å²) in [6, 6.07) is 3.55. The highest BCUT2D eigenvalue weighted by Gasteiger charge is 2.26. The van der Waals surface area contributed by atoms with E-state index in [1.165, 1.54) is 24.2 Å². The van der Waals surface area contributed by atoms with Crippen LogP contribution >= 0.6 is 11.3 Å². The highest BCUT2D eigenvalue weighted by Crippen LogP contribution is 2.29. The molecular formula is C13H22N2O2S2. The Morgan fingerprint density at radius 1 is 1.42 bits per heavy atom. The summed E-state index contributed by atoms with van der Waals surface area (Å²) in [6.45, 7) is 2.52. The van der Waals surface area contributed by atoms with Crippen molar-refractivity contribution in [2.45, 2.75) is 49.3 Å². The third-order valence-corrected chi connectivity index (χ3v) is 6.94. The second-order valence-corrected chi connectivity index (χ2v) is 8.32. The normalized spacial score (nSPS) is 18.8. The van der Waals surface area contributed by atoms with Gasteiger partial charge in [-0.2, -0.15) is 0 Å². The van der Waals surface area contributed by atoms with Gasteiger partial charge >= 0.3 is 0 Å². The quantitative estimate of drug-likeness (QED) is 0.845. The Labute approximate surface area is 119 Å². The van der Waals surface area contributed by atoms with Crippen LogP contribution in [0.1, 0.15) is 37.5 Å². The molecule has 0 bridgehead atoms. The van der Waals surface area contributed by atoms with E-state index in [0.717, 1.165) is 24.1 Å². The van der Waals surface area contributed by atoms with Gasteiger partial charge in [0.2, 0.25) is 10.0 Å². The lowest BCUT2D eigenvalue weighted by molar-refractivity contribution is 0.424. The Morgan fingerprint density at radius 2 is 2.11 bits per heavy atom. The Kier molecular flexibility index (Phi) is 5.00. The molecule has 1 aliphatic rings. The van der Waals surface area contributed by atoms with E-state index < -0.39 is 10.0 Å². The molecule has 1 unspecified atom stereocenters. The minimum Gasteiger partial charge on any atom is -0.330 e. The van der Waals surface area contributed by atoms with E-state index >= 15 is 0 Å². The number of nitrogens with one attached hydrogen (secondary N) is 1. The van der Waals surface area contributed by atoms with Gasteiger partial charge in [-0.1, -0.05) is 12.8 Å². The molecule has 1 atom stereocenters. The van der Waals surface area contributed by atoms with Crippen LogP contribution in [-0.4, -0.2) is 21.0 Å². The first-order chi connectivity index (χ1) is 9.03. The lowest BCUT2D eigenvalue weighted by Gasteiger charge is -2.19. The predicted molar refractivity (Wildman–Crippen MR) is 78.8 cm³/mol. The summed E-state index contributed by atoms with van der Waals surface area (Å²) in [5, 5.41) is 0. The molecule has 0 amide bonds. The molecule has 1 fully saturated rings. The van der Waals surface area contributed by atoms with Crippen molar-refractivity contribution in [1.29, 1.82) is 0 Å². The van der Waals surface area contributed by atoms with Crippen molar-refractivity contribution >= 4 is 21.4 Å². The fourth-order valence-electron chi connectivity index (χ4n) is 2.64. The van der Waals surface area contributed by atoms with Gasteiger partial charge in [0.25, 0.3) is 0 Å². The lowest BCUT2D eigenvalue weighted by Crippen LogP contribution is -2.36. The molecule has 1 heterocycles. The maximum absolute atomic E-state index is 12.3. The van der Waals surface area contributed by atoms with Gasteiger partial charge in [0, 0.05) is 10.9 Å². The fraction of sp³-hybridized carbons (Fsp3) is 0.692. The molecule has 0 aliphatic heterocycles. The summed E-state index contributed by atoms with van der Waals surface area (Å²) >= 11 is 1.32. The van der Waals surface area contributed by atoms with Crippen LogP contribution in [0.4, 0.5) is 0 Å². The maximum atomic E-state index is 12.3. The fourth-order valence-corrected chi connectivity index (χ4v) is 5.34. The number of hydrogen-bond donors (Lipinski definition) is 2. The van der Waals surface area contributed by atoms with Crippen LogP contribution < -0.4 is 10.5 Å². The number of rotatable bonds is 6. The zero-order chi connectivity index (χ0) is 13.9. The van der Waals surface area contributed by atoms with Gasteiger partial charge in [-0.05, 0) is 50.8 Å². The molecule has 1 aromatic rings. The summed E-state index contributed by atoms with van der Waals surface area (Å²) in [5.41, 5.74) is 5.48. The van der Waals surface area contributed by atoms with Gasteiger partial charge in [0.1, 0.15) is 4.21 Å². The highest BCUT2D eigenvalue weighted by molar-refractivity contribution is 7.91. The van der Waals surface area contributed by atoms with Gasteiger partial charge in [-0.3, -0.25) is 0 Å². The van der Waals surface area contributed by atoms with E-state index in [-0.39, 0.29) is 6.04 Å². The van der Waals surface area contributed by atoms with Crippen LogP contribution in [0.2, 0.25) is 0 Å². The molecule has 1 saturated carbocycles. The van der Waals surface area contributed by atoms with Crippen molar-refractivity contribution in [3.63, 3.8) is 0 Å². The Bertz CT molecular complexity index is 504. The SMILES string of the molecule is CC(NS(=O)(=O)c1ccc(CCN)s1)C1CCCC1. The molecule has 2 rings (SSSR count). The molecular weight excluding hydrogens is 280 g/mol. The number of nitrogens with two attached hydrogens (primary N) is 1. The monoisotopic (exact) mass is 302 g/mol. The van der Waals surface area contributed by atoms with Gasteiger partial charge in [0.15, 0.2) is 0 Å². The van der Waals surface area contributed by atoms with Gasteiger partial charge in [-0.15, -0.1) is 11.3 Å². The predicted octanol–water partition coefficient (Wildman–Crippen LogP) is 2.11. The van der Waals surface area contributed by atoms with E-state index in [0.29, 0.717) is 16.7 Å². The molecule has 3 N–H and O–H groups in total. The molecule has 0 saturated heterocycles. The van der Waals surface area contributed by atoms with Gasteiger partial charge in [-0.25, -0.2) is 13.1 Å². The number of thiophene rings is 1. The second kappa shape index (κ2) is 6.35. The molecule has 0 spiro atoms. The van der Waals surface area contributed by atoms with Crippen LogP contribution in [-0.2, 0) is 16.4 Å². The minimum atomic E-state index is -3.37. The Morgan fingerprint density at radius 3 is 2.74 bits per heavy atom. The Hall–Kier alpha value is -0.430. The third kappa shape index (κ3) is 3.78. The first-order valence-electron chi connectivity index (χ1n) is 6.84. The standard InChI is InChI=1S/C13H22N2O2S2/c1-10(11-4-2-3-5-11)15-19(16,17)13-7-6-12(18-13)8-9-14/h6-7,10-11,15H,2-5,8-9,14H2,1H3. The highest BCUT2D eigenvalue weighted by atomic mass is 32.2. The zero-order valence-electron chi connectivity index (χ0n) is 11.3. The lowest BCUT2D eigenvalue weighted by atomic mass is 10.0. The molecule has 4 nitrogen and oxygen atoms in total. The van der Waals surface area contributed by atoms with E-state index in [2.05, 4.69) is 4.72 Å². The summed E-state index contributed by atoms with van der Waals surface area (Å²) in [5.74, 6) is 0.484. The van der Waals surface area contributed by atoms with Crippen LogP contribution in [0.3, 0.4) is 0 Å². The Balaban J connectivity index is 2.03. The molecule has 0 aromatic carbocycles. The number of hydrogen-bond acceptors (Lipinski definition) is 4. The van der Waals surface area contributed by atoms with Gasteiger partial charge in [0.05, 0.1) is 0 Å². The average Bonchev–Trinajstić information content (AvgIpc) is 2.99. The van der Waals surface area contributed by atoms with E-state index in [4.69, 9.17) is 5.73 Å². The third-order valence-electron chi connectivity index (χ3n) is 3.74. The number of sulfonamides is 1.